The summed E-state index contributed by atoms with van der Waals surface area (Å²) in [4.78, 5) is 25.7. The van der Waals surface area contributed by atoms with E-state index in [0.29, 0.717) is 60.9 Å². The minimum atomic E-state index is -0.717. The van der Waals surface area contributed by atoms with Crippen LogP contribution in [0.15, 0.2) is 18.3 Å². The second-order valence-electron chi connectivity index (χ2n) is 10.4. The molecule has 198 valence electrons. The summed E-state index contributed by atoms with van der Waals surface area (Å²) in [6, 6.07) is 2.40. The number of nitrogens with zero attached hydrogens (tertiary/aromatic N) is 4. The molecule has 2 aliphatic carbocycles. The highest BCUT2D eigenvalue weighted by Crippen LogP contribution is 2.39. The Morgan fingerprint density at radius 3 is 2.54 bits per heavy atom. The van der Waals surface area contributed by atoms with Crippen LogP contribution in [-0.2, 0) is 4.79 Å². The number of carbonyl (C=O) groups is 1. The largest absolute Gasteiger partial charge is 0.390 e. The lowest BCUT2D eigenvalue weighted by Crippen LogP contribution is -2.38. The molecule has 0 saturated heterocycles. The Balaban J connectivity index is 1.51. The SMILES string of the molecule is C[C@]1(O)CCC[C@@H](Nc2ncc3nc(Nc4c(Cl)cc(F)cc4Cl)n(C4CCC(C(N)=O)CC4)c3n2)C1. The van der Waals surface area contributed by atoms with Gasteiger partial charge in [0, 0.05) is 18.0 Å². The van der Waals surface area contributed by atoms with E-state index in [0.717, 1.165) is 19.3 Å². The first-order valence-electron chi connectivity index (χ1n) is 12.5. The number of halogens is 3. The maximum Gasteiger partial charge on any atom is 0.224 e. The summed E-state index contributed by atoms with van der Waals surface area (Å²) in [5.41, 5.74) is 6.34. The maximum atomic E-state index is 13.8. The summed E-state index contributed by atoms with van der Waals surface area (Å²) in [6.07, 6.45) is 7.59. The molecule has 5 rings (SSSR count). The molecule has 2 atom stereocenters. The molecule has 2 fully saturated rings. The minimum Gasteiger partial charge on any atom is -0.390 e. The van der Waals surface area contributed by atoms with Crippen LogP contribution in [0.3, 0.4) is 0 Å². The summed E-state index contributed by atoms with van der Waals surface area (Å²) < 4.78 is 15.8. The molecule has 12 heteroatoms. The van der Waals surface area contributed by atoms with Gasteiger partial charge in [0.25, 0.3) is 0 Å². The van der Waals surface area contributed by atoms with Crippen molar-refractivity contribution in [1.29, 1.82) is 0 Å². The first-order valence-corrected chi connectivity index (χ1v) is 13.3. The Morgan fingerprint density at radius 1 is 1.19 bits per heavy atom. The van der Waals surface area contributed by atoms with Crippen LogP contribution in [-0.4, -0.2) is 42.2 Å². The standard InChI is InChI=1S/C25H30Cl2FN7O2/c1-25(37)8-2-3-15(11-25)31-23-30-12-19-22(34-23)35(16-6-4-13(5-7-16)21(29)36)24(32-19)33-20-17(26)9-14(28)10-18(20)27/h9-10,12-13,15-16,37H,2-8,11H2,1H3,(H2,29,36)(H,32,33)(H,30,31,34)/t13?,15-,16?,25+/m1/s1. The minimum absolute atomic E-state index is 0.0146. The summed E-state index contributed by atoms with van der Waals surface area (Å²) in [7, 11) is 0. The van der Waals surface area contributed by atoms with Gasteiger partial charge >= 0.3 is 0 Å². The van der Waals surface area contributed by atoms with E-state index in [1.165, 1.54) is 12.1 Å². The van der Waals surface area contributed by atoms with E-state index >= 15 is 0 Å². The van der Waals surface area contributed by atoms with Gasteiger partial charge in [0.15, 0.2) is 5.65 Å². The van der Waals surface area contributed by atoms with E-state index < -0.39 is 11.4 Å². The predicted octanol–water partition coefficient (Wildman–Crippen LogP) is 5.34. The maximum absolute atomic E-state index is 13.8. The topological polar surface area (TPSA) is 131 Å². The van der Waals surface area contributed by atoms with E-state index in [1.807, 2.05) is 11.5 Å². The molecule has 5 N–H and O–H groups in total. The Labute approximate surface area is 224 Å². The molecular weight excluding hydrogens is 520 g/mol. The average molecular weight is 550 g/mol. The fourth-order valence-electron chi connectivity index (χ4n) is 5.56. The lowest BCUT2D eigenvalue weighted by Gasteiger charge is -2.34. The molecule has 1 amide bonds. The molecule has 3 aromatic rings. The van der Waals surface area contributed by atoms with Gasteiger partial charge in [-0.25, -0.2) is 14.4 Å². The third kappa shape index (κ3) is 5.61. The fraction of sp³-hybridized carbons (Fsp3) is 0.520. The number of fused-ring (bicyclic) bond motifs is 1. The van der Waals surface area contributed by atoms with Crippen molar-refractivity contribution in [3.63, 3.8) is 0 Å². The van der Waals surface area contributed by atoms with E-state index in [9.17, 15) is 14.3 Å². The van der Waals surface area contributed by atoms with Crippen LogP contribution in [0, 0.1) is 11.7 Å². The Hall–Kier alpha value is -2.69. The second-order valence-corrected chi connectivity index (χ2v) is 11.2. The zero-order valence-electron chi connectivity index (χ0n) is 20.5. The number of aliphatic hydroxyl groups is 1. The molecule has 0 unspecified atom stereocenters. The van der Waals surface area contributed by atoms with Crippen LogP contribution in [0.2, 0.25) is 10.0 Å². The van der Waals surface area contributed by atoms with Crippen LogP contribution >= 0.6 is 23.2 Å². The number of hydrogen-bond acceptors (Lipinski definition) is 7. The summed E-state index contributed by atoms with van der Waals surface area (Å²) in [5.74, 6) is -0.0858. The smallest absolute Gasteiger partial charge is 0.224 e. The molecular formula is C25H30Cl2FN7O2. The first kappa shape index (κ1) is 25.9. The number of aromatic nitrogens is 4. The lowest BCUT2D eigenvalue weighted by atomic mass is 9.83. The fourth-order valence-corrected chi connectivity index (χ4v) is 6.11. The van der Waals surface area contributed by atoms with Crippen molar-refractivity contribution in [2.24, 2.45) is 11.7 Å². The number of hydrogen-bond donors (Lipinski definition) is 4. The van der Waals surface area contributed by atoms with Gasteiger partial charge in [0.2, 0.25) is 17.8 Å². The van der Waals surface area contributed by atoms with Crippen LogP contribution < -0.4 is 16.4 Å². The van der Waals surface area contributed by atoms with Crippen molar-refractivity contribution < 1.29 is 14.3 Å². The van der Waals surface area contributed by atoms with Crippen molar-refractivity contribution in [2.45, 2.75) is 76.0 Å². The number of amides is 1. The molecule has 0 bridgehead atoms. The monoisotopic (exact) mass is 549 g/mol. The number of rotatable bonds is 6. The van der Waals surface area contributed by atoms with Gasteiger partial charge in [0.05, 0.1) is 27.5 Å². The van der Waals surface area contributed by atoms with Gasteiger partial charge in [0.1, 0.15) is 11.3 Å². The number of nitrogens with two attached hydrogens (primary N) is 1. The Bertz CT molecular complexity index is 1300. The van der Waals surface area contributed by atoms with Crippen LogP contribution in [0.5, 0.6) is 0 Å². The predicted molar refractivity (Wildman–Crippen MR) is 142 cm³/mol. The molecule has 2 aliphatic rings. The van der Waals surface area contributed by atoms with E-state index in [-0.39, 0.29) is 34.0 Å². The molecule has 0 spiro atoms. The van der Waals surface area contributed by atoms with E-state index in [1.54, 1.807) is 6.20 Å². The number of carbonyl (C=O) groups excluding carboxylic acids is 1. The van der Waals surface area contributed by atoms with Crippen molar-refractivity contribution >= 4 is 57.9 Å². The highest BCUT2D eigenvalue weighted by molar-refractivity contribution is 6.39. The summed E-state index contributed by atoms with van der Waals surface area (Å²) in [5, 5.41) is 17.3. The van der Waals surface area contributed by atoms with E-state index in [4.69, 9.17) is 38.9 Å². The second kappa shape index (κ2) is 10.2. The molecule has 0 aliphatic heterocycles. The van der Waals surface area contributed by atoms with Crippen LogP contribution in [0.25, 0.3) is 11.2 Å². The highest BCUT2D eigenvalue weighted by Gasteiger charge is 2.32. The number of benzene rings is 1. The molecule has 9 nitrogen and oxygen atoms in total. The van der Waals surface area contributed by atoms with E-state index in [2.05, 4.69) is 15.6 Å². The molecule has 2 heterocycles. The van der Waals surface area contributed by atoms with Gasteiger partial charge in [-0.1, -0.05) is 23.2 Å². The Morgan fingerprint density at radius 2 is 1.89 bits per heavy atom. The highest BCUT2D eigenvalue weighted by atomic mass is 35.5. The molecule has 2 aromatic heterocycles. The van der Waals surface area contributed by atoms with Crippen molar-refractivity contribution in [3.8, 4) is 0 Å². The van der Waals surface area contributed by atoms with Gasteiger partial charge in [-0.3, -0.25) is 9.36 Å². The number of nitrogens with one attached hydrogen (secondary N) is 2. The molecule has 2 saturated carbocycles. The normalized spacial score (nSPS) is 26.2. The quantitative estimate of drug-likeness (QED) is 0.326. The average Bonchev–Trinajstić information content (AvgIpc) is 3.18. The zero-order chi connectivity index (χ0) is 26.3. The number of imidazole rings is 1. The van der Waals surface area contributed by atoms with Crippen molar-refractivity contribution in [2.75, 3.05) is 10.6 Å². The number of anilines is 3. The van der Waals surface area contributed by atoms with Gasteiger partial charge in [-0.05, 0) is 70.4 Å². The first-order chi connectivity index (χ1) is 17.6. The van der Waals surface area contributed by atoms with Gasteiger partial charge in [-0.2, -0.15) is 4.98 Å². The van der Waals surface area contributed by atoms with Gasteiger partial charge in [-0.15, -0.1) is 0 Å². The molecule has 37 heavy (non-hydrogen) atoms. The third-order valence-electron chi connectivity index (χ3n) is 7.43. The third-order valence-corrected chi connectivity index (χ3v) is 8.02. The number of primary amides is 1. The summed E-state index contributed by atoms with van der Waals surface area (Å²) in [6.45, 7) is 1.85. The van der Waals surface area contributed by atoms with Crippen molar-refractivity contribution in [1.82, 2.24) is 19.5 Å². The van der Waals surface area contributed by atoms with Crippen molar-refractivity contribution in [3.05, 3.63) is 34.2 Å². The van der Waals surface area contributed by atoms with Gasteiger partial charge < -0.3 is 21.5 Å². The molecule has 1 aromatic carbocycles. The van der Waals surface area contributed by atoms with Crippen LogP contribution in [0.1, 0.15) is 64.3 Å². The van der Waals surface area contributed by atoms with Crippen LogP contribution in [0.4, 0.5) is 22.0 Å². The molecule has 0 radical (unpaired) electrons. The Kier molecular flexibility index (Phi) is 7.17. The summed E-state index contributed by atoms with van der Waals surface area (Å²) >= 11 is 12.6. The zero-order valence-corrected chi connectivity index (χ0v) is 22.0. The lowest BCUT2D eigenvalue weighted by molar-refractivity contribution is -0.122.